The van der Waals surface area contributed by atoms with Crippen LogP contribution in [0.3, 0.4) is 0 Å². The molecule has 2 heterocycles. The summed E-state index contributed by atoms with van der Waals surface area (Å²) in [7, 11) is 2.01. The molecular formula is C42H45N5O6. The Morgan fingerprint density at radius 3 is 2.04 bits per heavy atom. The van der Waals surface area contributed by atoms with Crippen molar-refractivity contribution in [1.29, 1.82) is 0 Å². The Hall–Kier alpha value is -5.81. The Bertz CT molecular complexity index is 2010. The lowest BCUT2D eigenvalue weighted by molar-refractivity contribution is -0.132. The van der Waals surface area contributed by atoms with Crippen molar-refractivity contribution in [3.05, 3.63) is 114 Å². The summed E-state index contributed by atoms with van der Waals surface area (Å²) in [5.41, 5.74) is 3.48. The van der Waals surface area contributed by atoms with Crippen LogP contribution in [-0.2, 0) is 14.3 Å². The van der Waals surface area contributed by atoms with Crippen molar-refractivity contribution in [1.82, 2.24) is 9.80 Å². The van der Waals surface area contributed by atoms with Crippen LogP contribution >= 0.6 is 0 Å². The number of para-hydroxylation sites is 2. The van der Waals surface area contributed by atoms with E-state index >= 15 is 0 Å². The van der Waals surface area contributed by atoms with Crippen LogP contribution in [0, 0.1) is 6.92 Å². The topological polar surface area (TPSA) is 111 Å². The summed E-state index contributed by atoms with van der Waals surface area (Å²) in [4.78, 5) is 76.9. The third kappa shape index (κ3) is 8.31. The molecule has 0 aliphatic carbocycles. The van der Waals surface area contributed by atoms with E-state index in [1.165, 1.54) is 9.80 Å². The molecule has 0 unspecified atom stereocenters. The Morgan fingerprint density at radius 1 is 0.755 bits per heavy atom. The molecule has 0 N–H and O–H groups in total. The molecule has 11 nitrogen and oxygen atoms in total. The predicted molar refractivity (Wildman–Crippen MR) is 205 cm³/mol. The molecule has 1 fully saturated rings. The van der Waals surface area contributed by atoms with Gasteiger partial charge in [-0.05, 0) is 88.3 Å². The third-order valence-electron chi connectivity index (χ3n) is 9.38. The summed E-state index contributed by atoms with van der Waals surface area (Å²) in [5.74, 6) is -1.34. The molecule has 0 aromatic heterocycles. The third-order valence-corrected chi connectivity index (χ3v) is 9.38. The summed E-state index contributed by atoms with van der Waals surface area (Å²) in [6.45, 7) is 9.87. The van der Waals surface area contributed by atoms with Gasteiger partial charge in [-0.15, -0.1) is 0 Å². The molecule has 2 aliphatic heterocycles. The van der Waals surface area contributed by atoms with Crippen LogP contribution in [0.15, 0.2) is 97.1 Å². The lowest BCUT2D eigenvalue weighted by atomic mass is 9.98. The highest BCUT2D eigenvalue weighted by Gasteiger charge is 2.34. The molecule has 53 heavy (non-hydrogen) atoms. The zero-order valence-corrected chi connectivity index (χ0v) is 30.9. The monoisotopic (exact) mass is 715 g/mol. The number of ether oxygens (including phenoxy) is 1. The largest absolute Gasteiger partial charge is 0.443 e. The zero-order chi connectivity index (χ0) is 37.9. The second kappa shape index (κ2) is 15.4. The second-order valence-electron chi connectivity index (χ2n) is 14.4. The molecule has 0 spiro atoms. The number of hydrogen-bond acceptors (Lipinski definition) is 7. The summed E-state index contributed by atoms with van der Waals surface area (Å²) in [6, 6.07) is 28.1. The van der Waals surface area contributed by atoms with Gasteiger partial charge in [0, 0.05) is 50.3 Å². The zero-order valence-electron chi connectivity index (χ0n) is 30.9. The van der Waals surface area contributed by atoms with Crippen molar-refractivity contribution in [3.63, 3.8) is 0 Å². The fraction of sp³-hybridized carbons (Fsp3) is 0.310. The minimum atomic E-state index is -0.886. The molecular weight excluding hydrogens is 670 g/mol. The predicted octanol–water partition coefficient (Wildman–Crippen LogP) is 6.40. The van der Waals surface area contributed by atoms with Crippen molar-refractivity contribution in [2.75, 3.05) is 61.0 Å². The van der Waals surface area contributed by atoms with Gasteiger partial charge in [0.25, 0.3) is 11.8 Å². The minimum Gasteiger partial charge on any atom is -0.443 e. The Balaban J connectivity index is 1.29. The average molecular weight is 716 g/mol. The molecule has 0 saturated carbocycles. The highest BCUT2D eigenvalue weighted by atomic mass is 16.6. The Morgan fingerprint density at radius 2 is 1.38 bits per heavy atom. The van der Waals surface area contributed by atoms with Gasteiger partial charge in [0.2, 0.25) is 11.8 Å². The summed E-state index contributed by atoms with van der Waals surface area (Å²) in [6.07, 6.45) is -0.831. The van der Waals surface area contributed by atoms with Crippen LogP contribution in [0.2, 0.25) is 0 Å². The highest BCUT2D eigenvalue weighted by molar-refractivity contribution is 6.21. The van der Waals surface area contributed by atoms with Crippen molar-refractivity contribution >= 4 is 46.8 Å². The van der Waals surface area contributed by atoms with E-state index in [1.807, 2.05) is 50.4 Å². The van der Waals surface area contributed by atoms with Crippen LogP contribution < -0.4 is 14.7 Å². The molecule has 0 bridgehead atoms. The molecule has 1 saturated heterocycles. The number of amides is 5. The number of aryl methyl sites for hydroxylation is 1. The normalized spacial score (nSPS) is 15.0. The molecule has 274 valence electrons. The molecule has 4 aromatic carbocycles. The number of hydrogen-bond donors (Lipinski definition) is 0. The van der Waals surface area contributed by atoms with E-state index in [9.17, 15) is 24.0 Å². The minimum absolute atomic E-state index is 0.0236. The molecule has 6 rings (SSSR count). The molecule has 0 atom stereocenters. The quantitative estimate of drug-likeness (QED) is 0.227. The Labute approximate surface area is 310 Å². The van der Waals surface area contributed by atoms with E-state index in [1.54, 1.807) is 86.3 Å². The summed E-state index contributed by atoms with van der Waals surface area (Å²) in [5, 5.41) is 0. The van der Waals surface area contributed by atoms with Gasteiger partial charge in [-0.3, -0.25) is 19.2 Å². The first-order valence-electron chi connectivity index (χ1n) is 17.8. The molecule has 5 amide bonds. The number of benzene rings is 4. The fourth-order valence-corrected chi connectivity index (χ4v) is 6.49. The fourth-order valence-electron chi connectivity index (χ4n) is 6.49. The maximum atomic E-state index is 14.3. The van der Waals surface area contributed by atoms with Crippen LogP contribution in [0.1, 0.15) is 53.5 Å². The van der Waals surface area contributed by atoms with Gasteiger partial charge in [-0.2, -0.15) is 0 Å². The first-order chi connectivity index (χ1) is 25.3. The number of imide groups is 1. The smallest absolute Gasteiger partial charge is 0.422 e. The summed E-state index contributed by atoms with van der Waals surface area (Å²) < 4.78 is 5.70. The van der Waals surface area contributed by atoms with E-state index in [2.05, 4.69) is 4.90 Å². The van der Waals surface area contributed by atoms with Crippen molar-refractivity contribution in [2.45, 2.75) is 39.7 Å². The van der Waals surface area contributed by atoms with Crippen molar-refractivity contribution in [3.8, 4) is 11.1 Å². The maximum absolute atomic E-state index is 14.3. The average Bonchev–Trinajstić information content (AvgIpc) is 3.27. The van der Waals surface area contributed by atoms with Gasteiger partial charge in [0.15, 0.2) is 0 Å². The number of rotatable bonds is 6. The number of anilines is 3. The molecule has 2 aliphatic rings. The lowest BCUT2D eigenvalue weighted by Gasteiger charge is -2.34. The van der Waals surface area contributed by atoms with Gasteiger partial charge < -0.3 is 24.3 Å². The van der Waals surface area contributed by atoms with Crippen LogP contribution in [0.4, 0.5) is 21.9 Å². The number of carbonyl (C=O) groups is 5. The molecule has 0 radical (unpaired) electrons. The second-order valence-corrected chi connectivity index (χ2v) is 14.4. The number of fused-ring (bicyclic) bond motifs is 1. The van der Waals surface area contributed by atoms with Crippen LogP contribution in [0.5, 0.6) is 0 Å². The van der Waals surface area contributed by atoms with Crippen LogP contribution in [0.25, 0.3) is 11.1 Å². The van der Waals surface area contributed by atoms with E-state index in [4.69, 9.17) is 4.74 Å². The lowest BCUT2D eigenvalue weighted by Crippen LogP contribution is -2.50. The van der Waals surface area contributed by atoms with Gasteiger partial charge in [-0.1, -0.05) is 60.2 Å². The standard InChI is InChI=1S/C42H45N5O6/c1-29-14-16-30(17-15-29)33-10-6-7-11-34(33)40(51)47(41(52)53-42(2,3)4)32-20-18-31(19-21-32)39(50)45-23-22-37(48)46(36-13-9-8-12-35(36)45)28-38(49)44-26-24-43(5)25-27-44/h6-21H,22-28H2,1-5H3. The van der Waals surface area contributed by atoms with Crippen molar-refractivity contribution in [2.24, 2.45) is 0 Å². The number of nitrogens with zero attached hydrogens (tertiary/aromatic N) is 5. The first-order valence-corrected chi connectivity index (χ1v) is 17.8. The Kier molecular flexibility index (Phi) is 10.8. The summed E-state index contributed by atoms with van der Waals surface area (Å²) >= 11 is 0. The van der Waals surface area contributed by atoms with E-state index < -0.39 is 17.6 Å². The molecule has 4 aromatic rings. The van der Waals surface area contributed by atoms with E-state index in [0.29, 0.717) is 35.6 Å². The van der Waals surface area contributed by atoms with Gasteiger partial charge in [0.1, 0.15) is 12.1 Å². The highest BCUT2D eigenvalue weighted by Crippen LogP contribution is 2.34. The number of piperazine rings is 1. The number of carbonyl (C=O) groups excluding carboxylic acids is 5. The van der Waals surface area contributed by atoms with Gasteiger partial charge in [-0.25, -0.2) is 9.69 Å². The van der Waals surface area contributed by atoms with Crippen LogP contribution in [-0.4, -0.2) is 91.4 Å². The molecule has 11 heteroatoms. The van der Waals surface area contributed by atoms with Gasteiger partial charge >= 0.3 is 6.09 Å². The number of likely N-dealkylation sites (N-methyl/N-ethyl adjacent to an activating group) is 1. The van der Waals surface area contributed by atoms with Gasteiger partial charge in [0.05, 0.1) is 17.1 Å². The maximum Gasteiger partial charge on any atom is 0.422 e. The SMILES string of the molecule is Cc1ccc(-c2ccccc2C(=O)N(C(=O)OC(C)(C)C)c2ccc(C(=O)N3CCC(=O)N(CC(=O)N4CCN(C)CC4)c4ccccc43)cc2)cc1. The van der Waals surface area contributed by atoms with Crippen molar-refractivity contribution < 1.29 is 28.7 Å². The van der Waals surface area contributed by atoms with E-state index in [-0.39, 0.29) is 48.5 Å². The van der Waals surface area contributed by atoms with E-state index in [0.717, 1.165) is 29.1 Å². The first kappa shape index (κ1) is 37.0.